The van der Waals surface area contributed by atoms with Crippen LogP contribution in [-0.4, -0.2) is 40.7 Å². The Bertz CT molecular complexity index is 571. The number of hydrogen-bond acceptors (Lipinski definition) is 5. The Hall–Kier alpha value is -1.96. The first kappa shape index (κ1) is 14.4. The number of nitrogens with one attached hydrogen (secondary N) is 1. The summed E-state index contributed by atoms with van der Waals surface area (Å²) in [6.45, 7) is 4.27. The third kappa shape index (κ3) is 2.79. The molecule has 7 nitrogen and oxygen atoms in total. The molecular formula is C12H16N4O3S. The van der Waals surface area contributed by atoms with Gasteiger partial charge in [0.2, 0.25) is 11.8 Å². The Morgan fingerprint density at radius 3 is 2.70 bits per heavy atom. The van der Waals surface area contributed by atoms with Crippen molar-refractivity contribution in [2.24, 2.45) is 11.1 Å². The molecule has 2 rings (SSSR count). The highest BCUT2D eigenvalue weighted by atomic mass is 32.1. The van der Waals surface area contributed by atoms with Crippen LogP contribution >= 0.6 is 11.3 Å². The molecule has 3 amide bonds. The van der Waals surface area contributed by atoms with E-state index < -0.39 is 11.3 Å². The van der Waals surface area contributed by atoms with E-state index in [4.69, 9.17) is 5.73 Å². The van der Waals surface area contributed by atoms with Gasteiger partial charge in [-0.2, -0.15) is 0 Å². The summed E-state index contributed by atoms with van der Waals surface area (Å²) >= 11 is 1.15. The van der Waals surface area contributed by atoms with Gasteiger partial charge in [-0.25, -0.2) is 4.98 Å². The number of amides is 3. The van der Waals surface area contributed by atoms with Crippen LogP contribution in [0.15, 0.2) is 5.38 Å². The van der Waals surface area contributed by atoms with Gasteiger partial charge >= 0.3 is 0 Å². The molecule has 8 heteroatoms. The number of rotatable bonds is 3. The molecule has 20 heavy (non-hydrogen) atoms. The normalized spacial score (nSPS) is 21.8. The lowest BCUT2D eigenvalue weighted by atomic mass is 9.89. The second-order valence-corrected chi connectivity index (χ2v) is 5.97. The zero-order valence-corrected chi connectivity index (χ0v) is 12.1. The zero-order valence-electron chi connectivity index (χ0n) is 11.3. The molecule has 1 unspecified atom stereocenters. The molecular weight excluding hydrogens is 280 g/mol. The average molecular weight is 296 g/mol. The van der Waals surface area contributed by atoms with E-state index in [0.29, 0.717) is 24.6 Å². The molecule has 0 aromatic carbocycles. The van der Waals surface area contributed by atoms with Crippen LogP contribution in [0.4, 0.5) is 5.13 Å². The van der Waals surface area contributed by atoms with Crippen LogP contribution in [0.5, 0.6) is 0 Å². The Labute approximate surface area is 120 Å². The summed E-state index contributed by atoms with van der Waals surface area (Å²) in [6.07, 6.45) is 0.604. The highest BCUT2D eigenvalue weighted by Crippen LogP contribution is 2.31. The maximum absolute atomic E-state index is 12.3. The summed E-state index contributed by atoms with van der Waals surface area (Å²) in [5, 5.41) is 4.52. The quantitative estimate of drug-likeness (QED) is 0.844. The van der Waals surface area contributed by atoms with Crippen molar-refractivity contribution in [1.82, 2.24) is 9.88 Å². The summed E-state index contributed by atoms with van der Waals surface area (Å²) in [6, 6.07) is 0. The van der Waals surface area contributed by atoms with Crippen LogP contribution in [0.3, 0.4) is 0 Å². The van der Waals surface area contributed by atoms with E-state index in [2.05, 4.69) is 10.3 Å². The second-order valence-electron chi connectivity index (χ2n) is 5.11. The van der Waals surface area contributed by atoms with Crippen LogP contribution in [-0.2, 0) is 9.59 Å². The molecule has 3 N–H and O–H groups in total. The zero-order chi connectivity index (χ0) is 14.9. The molecule has 0 saturated carbocycles. The highest BCUT2D eigenvalue weighted by molar-refractivity contribution is 7.14. The fourth-order valence-corrected chi connectivity index (χ4v) is 2.80. The number of carbonyl (C=O) groups is 3. The van der Waals surface area contributed by atoms with Crippen LogP contribution < -0.4 is 11.1 Å². The first-order chi connectivity index (χ1) is 9.32. The summed E-state index contributed by atoms with van der Waals surface area (Å²) in [4.78, 5) is 40.1. The average Bonchev–Trinajstić information content (AvgIpc) is 2.97. The Morgan fingerprint density at radius 1 is 1.50 bits per heavy atom. The molecule has 0 aliphatic carbocycles. The number of thiazole rings is 1. The maximum Gasteiger partial charge on any atom is 0.268 e. The summed E-state index contributed by atoms with van der Waals surface area (Å²) in [5.74, 6) is -0.866. The van der Waals surface area contributed by atoms with E-state index in [1.807, 2.05) is 6.92 Å². The number of primary amides is 1. The van der Waals surface area contributed by atoms with Crippen molar-refractivity contribution >= 4 is 34.2 Å². The van der Waals surface area contributed by atoms with Crippen molar-refractivity contribution in [1.29, 1.82) is 0 Å². The standard InChI is InChI=1S/C12H16N4O3S/c1-7(17)16-4-3-12(2,6-16)10(19)15-11-14-8(5-20-11)9(13)18/h5H,3-4,6H2,1-2H3,(H2,13,18)(H,14,15,19). The monoisotopic (exact) mass is 296 g/mol. The smallest absolute Gasteiger partial charge is 0.268 e. The first-order valence-corrected chi connectivity index (χ1v) is 7.02. The number of carbonyl (C=O) groups excluding carboxylic acids is 3. The van der Waals surface area contributed by atoms with E-state index in [9.17, 15) is 14.4 Å². The van der Waals surface area contributed by atoms with Crippen LogP contribution in [0.2, 0.25) is 0 Å². The third-order valence-electron chi connectivity index (χ3n) is 3.44. The lowest BCUT2D eigenvalue weighted by Gasteiger charge is -2.22. The predicted molar refractivity (Wildman–Crippen MR) is 74.2 cm³/mol. The second kappa shape index (κ2) is 5.20. The van der Waals surface area contributed by atoms with Gasteiger partial charge in [-0.15, -0.1) is 11.3 Å². The van der Waals surface area contributed by atoms with E-state index in [0.717, 1.165) is 11.3 Å². The van der Waals surface area contributed by atoms with Gasteiger partial charge in [0.25, 0.3) is 5.91 Å². The Morgan fingerprint density at radius 2 is 2.20 bits per heavy atom. The van der Waals surface area contributed by atoms with Crippen LogP contribution in [0.25, 0.3) is 0 Å². The number of nitrogens with two attached hydrogens (primary N) is 1. The van der Waals surface area contributed by atoms with Gasteiger partial charge in [-0.1, -0.05) is 0 Å². The molecule has 1 fully saturated rings. The molecule has 1 saturated heterocycles. The molecule has 1 aliphatic heterocycles. The number of aromatic nitrogens is 1. The number of nitrogens with zero attached hydrogens (tertiary/aromatic N) is 2. The van der Waals surface area contributed by atoms with Crippen LogP contribution in [0.1, 0.15) is 30.8 Å². The Balaban J connectivity index is 2.04. The van der Waals surface area contributed by atoms with Crippen molar-refractivity contribution in [2.75, 3.05) is 18.4 Å². The molecule has 2 heterocycles. The molecule has 108 valence electrons. The van der Waals surface area contributed by atoms with Crippen molar-refractivity contribution in [3.05, 3.63) is 11.1 Å². The van der Waals surface area contributed by atoms with Gasteiger partial charge in [0.05, 0.1) is 5.41 Å². The van der Waals surface area contributed by atoms with Crippen molar-refractivity contribution < 1.29 is 14.4 Å². The van der Waals surface area contributed by atoms with E-state index in [-0.39, 0.29) is 17.5 Å². The topological polar surface area (TPSA) is 105 Å². The fourth-order valence-electron chi connectivity index (χ4n) is 2.11. The Kier molecular flexibility index (Phi) is 3.76. The van der Waals surface area contributed by atoms with Crippen molar-refractivity contribution in [3.63, 3.8) is 0 Å². The van der Waals surface area contributed by atoms with Crippen LogP contribution in [0, 0.1) is 5.41 Å². The fraction of sp³-hybridized carbons (Fsp3) is 0.500. The molecule has 1 aromatic heterocycles. The van der Waals surface area contributed by atoms with E-state index in [1.165, 1.54) is 12.3 Å². The minimum atomic E-state index is -0.635. The van der Waals surface area contributed by atoms with Crippen molar-refractivity contribution in [3.8, 4) is 0 Å². The van der Waals surface area contributed by atoms with Gasteiger partial charge in [0.15, 0.2) is 5.13 Å². The van der Waals surface area contributed by atoms with Crippen molar-refractivity contribution in [2.45, 2.75) is 20.3 Å². The number of anilines is 1. The van der Waals surface area contributed by atoms with E-state index in [1.54, 1.807) is 4.90 Å². The highest BCUT2D eigenvalue weighted by Gasteiger charge is 2.41. The van der Waals surface area contributed by atoms with Gasteiger partial charge in [-0.3, -0.25) is 14.4 Å². The largest absolute Gasteiger partial charge is 0.364 e. The van der Waals surface area contributed by atoms with E-state index >= 15 is 0 Å². The SMILES string of the molecule is CC(=O)N1CCC(C)(C(=O)Nc2nc(C(N)=O)cs2)C1. The lowest BCUT2D eigenvalue weighted by Crippen LogP contribution is -2.37. The number of hydrogen-bond donors (Lipinski definition) is 2. The summed E-state index contributed by atoms with van der Waals surface area (Å²) in [7, 11) is 0. The van der Waals surface area contributed by atoms with Gasteiger partial charge < -0.3 is 16.0 Å². The molecule has 1 atom stereocenters. The summed E-state index contributed by atoms with van der Waals surface area (Å²) < 4.78 is 0. The van der Waals surface area contributed by atoms with Gasteiger partial charge in [-0.05, 0) is 13.3 Å². The molecule has 1 aromatic rings. The van der Waals surface area contributed by atoms with Gasteiger partial charge in [0, 0.05) is 25.4 Å². The molecule has 0 spiro atoms. The summed E-state index contributed by atoms with van der Waals surface area (Å²) in [5.41, 5.74) is 4.60. The first-order valence-electron chi connectivity index (χ1n) is 6.14. The molecule has 1 aliphatic rings. The predicted octanol–water partition coefficient (Wildman–Crippen LogP) is 0.439. The minimum Gasteiger partial charge on any atom is -0.364 e. The molecule has 0 radical (unpaired) electrons. The number of likely N-dealkylation sites (tertiary alicyclic amines) is 1. The lowest BCUT2D eigenvalue weighted by molar-refractivity contribution is -0.129. The third-order valence-corrected chi connectivity index (χ3v) is 4.20. The minimum absolute atomic E-state index is 0.0354. The van der Waals surface area contributed by atoms with Gasteiger partial charge in [0.1, 0.15) is 5.69 Å². The molecule has 0 bridgehead atoms. The maximum atomic E-state index is 12.3.